The third-order valence-corrected chi connectivity index (χ3v) is 11.1. The van der Waals surface area contributed by atoms with Crippen LogP contribution in [0.5, 0.6) is 0 Å². The lowest BCUT2D eigenvalue weighted by Crippen LogP contribution is -2.00. The topological polar surface area (TPSA) is 69.9 Å². The van der Waals surface area contributed by atoms with Crippen molar-refractivity contribution < 1.29 is 8.83 Å². The Labute approximate surface area is 325 Å². The molecule has 0 aliphatic heterocycles. The minimum absolute atomic E-state index is 0.567. The number of fused-ring (bicyclic) bond motifs is 9. The summed E-state index contributed by atoms with van der Waals surface area (Å²) in [6.45, 7) is 0. The Kier molecular flexibility index (Phi) is 6.83. The Balaban J connectivity index is 1.00. The first kappa shape index (κ1) is 31.5. The lowest BCUT2D eigenvalue weighted by atomic mass is 10.00. The maximum atomic E-state index is 6.62. The molecule has 0 atom stereocenters. The quantitative estimate of drug-likeness (QED) is 0.176. The van der Waals surface area contributed by atoms with E-state index < -0.39 is 0 Å². The third kappa shape index (κ3) is 5.01. The summed E-state index contributed by atoms with van der Waals surface area (Å²) < 4.78 is 15.2. The summed E-state index contributed by atoms with van der Waals surface area (Å²) in [4.78, 5) is 15.2. The van der Waals surface area contributed by atoms with Crippen molar-refractivity contribution in [2.45, 2.75) is 0 Å². The fourth-order valence-electron chi connectivity index (χ4n) is 8.41. The van der Waals surface area contributed by atoms with Gasteiger partial charge in [-0.2, -0.15) is 0 Å². The molecule has 0 N–H and O–H groups in total. The van der Waals surface area contributed by atoms with Gasteiger partial charge in [0.15, 0.2) is 17.5 Å². The van der Waals surface area contributed by atoms with Crippen molar-refractivity contribution >= 4 is 65.7 Å². The number of para-hydroxylation sites is 3. The zero-order chi connectivity index (χ0) is 37.5. The highest BCUT2D eigenvalue weighted by atomic mass is 16.3. The van der Waals surface area contributed by atoms with Crippen molar-refractivity contribution in [1.82, 2.24) is 19.5 Å². The molecule has 0 bridgehead atoms. The second-order valence-corrected chi connectivity index (χ2v) is 14.4. The minimum atomic E-state index is 0.567. The number of benzene rings is 8. The molecule has 6 heteroatoms. The van der Waals surface area contributed by atoms with Crippen LogP contribution in [0, 0.1) is 0 Å². The minimum Gasteiger partial charge on any atom is -0.456 e. The molecule has 4 aromatic heterocycles. The van der Waals surface area contributed by atoms with E-state index in [4.69, 9.17) is 23.8 Å². The maximum Gasteiger partial charge on any atom is 0.164 e. The molecule has 0 spiro atoms. The van der Waals surface area contributed by atoms with Gasteiger partial charge < -0.3 is 13.4 Å². The Morgan fingerprint density at radius 1 is 0.333 bits per heavy atom. The van der Waals surface area contributed by atoms with Gasteiger partial charge in [-0.25, -0.2) is 15.0 Å². The highest BCUT2D eigenvalue weighted by Gasteiger charge is 2.20. The van der Waals surface area contributed by atoms with Crippen LogP contribution in [-0.2, 0) is 0 Å². The fourth-order valence-corrected chi connectivity index (χ4v) is 8.41. The standard InChI is InChI=1S/C51H30N4O2/c1-3-12-31(13-4-1)49-52-50(34-23-25-38-37-17-8-10-20-44(37)56-46(38)30-34)54-51(53-49)40-18-11-21-45-48(40)39-26-22-33(29-47(39)57-45)32-24-27-43-41(28-32)36-16-7-9-19-42(36)55(43)35-14-5-2-6-15-35/h1-30H. The average molecular weight is 731 g/mol. The van der Waals surface area contributed by atoms with E-state index in [1.807, 2.05) is 66.7 Å². The van der Waals surface area contributed by atoms with Crippen molar-refractivity contribution in [2.24, 2.45) is 0 Å². The predicted octanol–water partition coefficient (Wildman–Crippen LogP) is 13.4. The van der Waals surface area contributed by atoms with E-state index in [2.05, 4.69) is 120 Å². The third-order valence-electron chi connectivity index (χ3n) is 11.1. The highest BCUT2D eigenvalue weighted by molar-refractivity contribution is 6.14. The smallest absolute Gasteiger partial charge is 0.164 e. The van der Waals surface area contributed by atoms with Gasteiger partial charge in [-0.05, 0) is 77.9 Å². The molecule has 0 aliphatic carbocycles. The van der Waals surface area contributed by atoms with Crippen LogP contribution in [0.2, 0.25) is 0 Å². The number of rotatable bonds is 5. The second kappa shape index (κ2) is 12.3. The fraction of sp³-hybridized carbons (Fsp3) is 0. The molecule has 0 radical (unpaired) electrons. The molecule has 0 unspecified atom stereocenters. The van der Waals surface area contributed by atoms with Crippen molar-refractivity contribution in [3.8, 4) is 51.0 Å². The first-order valence-electron chi connectivity index (χ1n) is 19.0. The Bertz CT molecular complexity index is 3530. The molecule has 12 aromatic rings. The van der Waals surface area contributed by atoms with Gasteiger partial charge in [-0.3, -0.25) is 0 Å². The molecule has 12 rings (SSSR count). The molecule has 0 fully saturated rings. The van der Waals surface area contributed by atoms with Crippen molar-refractivity contribution in [1.29, 1.82) is 0 Å². The van der Waals surface area contributed by atoms with E-state index in [9.17, 15) is 0 Å². The summed E-state index contributed by atoms with van der Waals surface area (Å²) in [5.74, 6) is 1.73. The van der Waals surface area contributed by atoms with Gasteiger partial charge in [0.25, 0.3) is 0 Å². The number of furan rings is 2. The van der Waals surface area contributed by atoms with Crippen LogP contribution in [0.1, 0.15) is 0 Å². The van der Waals surface area contributed by atoms with E-state index in [-0.39, 0.29) is 0 Å². The summed E-state index contributed by atoms with van der Waals surface area (Å²) in [5.41, 5.74) is 11.5. The lowest BCUT2D eigenvalue weighted by Gasteiger charge is -2.09. The van der Waals surface area contributed by atoms with Crippen LogP contribution in [0.4, 0.5) is 0 Å². The summed E-state index contributed by atoms with van der Waals surface area (Å²) in [7, 11) is 0. The molecule has 0 amide bonds. The molecule has 266 valence electrons. The van der Waals surface area contributed by atoms with Crippen LogP contribution in [-0.4, -0.2) is 19.5 Å². The van der Waals surface area contributed by atoms with Gasteiger partial charge >= 0.3 is 0 Å². The molecule has 0 saturated carbocycles. The first-order chi connectivity index (χ1) is 28.2. The van der Waals surface area contributed by atoms with Gasteiger partial charge in [0.2, 0.25) is 0 Å². The van der Waals surface area contributed by atoms with E-state index in [1.165, 1.54) is 21.8 Å². The Morgan fingerprint density at radius 3 is 1.79 bits per heavy atom. The molecular formula is C51H30N4O2. The van der Waals surface area contributed by atoms with Gasteiger partial charge in [0.05, 0.1) is 11.0 Å². The van der Waals surface area contributed by atoms with Crippen molar-refractivity contribution in [3.63, 3.8) is 0 Å². The van der Waals surface area contributed by atoms with Gasteiger partial charge in [-0.1, -0.05) is 115 Å². The van der Waals surface area contributed by atoms with Gasteiger partial charge in [0, 0.05) is 54.7 Å². The zero-order valence-electron chi connectivity index (χ0n) is 30.4. The summed E-state index contributed by atoms with van der Waals surface area (Å²) in [6, 6.07) is 62.8. The van der Waals surface area contributed by atoms with E-state index in [0.29, 0.717) is 17.5 Å². The zero-order valence-corrected chi connectivity index (χ0v) is 30.4. The Morgan fingerprint density at radius 2 is 0.912 bits per heavy atom. The SMILES string of the molecule is c1ccc(-c2nc(-c3ccc4c(c3)oc3ccccc34)nc(-c3cccc4oc5cc(-c6ccc7c(c6)c6ccccc6n7-c6ccccc6)ccc5c34)n2)cc1. The normalized spacial score (nSPS) is 11.9. The lowest BCUT2D eigenvalue weighted by molar-refractivity contribution is 0.668. The number of hydrogen-bond donors (Lipinski definition) is 0. The molecule has 8 aromatic carbocycles. The van der Waals surface area contributed by atoms with Crippen LogP contribution in [0.3, 0.4) is 0 Å². The monoisotopic (exact) mass is 730 g/mol. The first-order valence-corrected chi connectivity index (χ1v) is 19.0. The van der Waals surface area contributed by atoms with E-state index in [1.54, 1.807) is 0 Å². The Hall–Kier alpha value is -7.83. The molecule has 6 nitrogen and oxygen atoms in total. The maximum absolute atomic E-state index is 6.62. The predicted molar refractivity (Wildman–Crippen MR) is 230 cm³/mol. The van der Waals surface area contributed by atoms with Gasteiger partial charge in [0.1, 0.15) is 22.3 Å². The molecule has 57 heavy (non-hydrogen) atoms. The van der Waals surface area contributed by atoms with Crippen LogP contribution in [0.25, 0.3) is 117 Å². The second-order valence-electron chi connectivity index (χ2n) is 14.4. The van der Waals surface area contributed by atoms with E-state index in [0.717, 1.165) is 77.4 Å². The van der Waals surface area contributed by atoms with Crippen molar-refractivity contribution in [2.75, 3.05) is 0 Å². The van der Waals surface area contributed by atoms with Crippen LogP contribution in [0.15, 0.2) is 191 Å². The summed E-state index contributed by atoms with van der Waals surface area (Å²) >= 11 is 0. The molecule has 4 heterocycles. The van der Waals surface area contributed by atoms with E-state index >= 15 is 0 Å². The van der Waals surface area contributed by atoms with Gasteiger partial charge in [-0.15, -0.1) is 0 Å². The number of nitrogens with zero attached hydrogens (tertiary/aromatic N) is 4. The number of hydrogen-bond acceptors (Lipinski definition) is 5. The summed E-state index contributed by atoms with van der Waals surface area (Å²) in [5, 5.41) is 6.52. The van der Waals surface area contributed by atoms with Crippen molar-refractivity contribution in [3.05, 3.63) is 182 Å². The largest absolute Gasteiger partial charge is 0.456 e. The molecule has 0 aliphatic rings. The van der Waals surface area contributed by atoms with Crippen LogP contribution >= 0.6 is 0 Å². The molecular weight excluding hydrogens is 701 g/mol. The average Bonchev–Trinajstić information content (AvgIpc) is 3.95. The molecule has 0 saturated heterocycles. The van der Waals surface area contributed by atoms with Crippen LogP contribution < -0.4 is 0 Å². The number of aromatic nitrogens is 4. The summed E-state index contributed by atoms with van der Waals surface area (Å²) in [6.07, 6.45) is 0. The highest BCUT2D eigenvalue weighted by Crippen LogP contribution is 2.40.